The van der Waals surface area contributed by atoms with Crippen LogP contribution >= 0.6 is 0 Å². The first-order valence-corrected chi connectivity index (χ1v) is 8.12. The average molecular weight is 331 g/mol. The van der Waals surface area contributed by atoms with Gasteiger partial charge in [-0.15, -0.1) is 0 Å². The summed E-state index contributed by atoms with van der Waals surface area (Å²) in [6, 6.07) is 11.9. The molecule has 0 aliphatic rings. The second-order valence-corrected chi connectivity index (χ2v) is 5.76. The molecule has 0 aliphatic carbocycles. The second-order valence-electron chi connectivity index (χ2n) is 5.76. The Bertz CT molecular complexity index is 623. The maximum absolute atomic E-state index is 12.1. The summed E-state index contributed by atoms with van der Waals surface area (Å²) in [4.78, 5) is 13.8. The summed E-state index contributed by atoms with van der Waals surface area (Å²) in [7, 11) is 3.36. The zero-order valence-corrected chi connectivity index (χ0v) is 14.3. The van der Waals surface area contributed by atoms with Gasteiger partial charge in [0.15, 0.2) is 0 Å². The average Bonchev–Trinajstić information content (AvgIpc) is 3.09. The summed E-state index contributed by atoms with van der Waals surface area (Å²) in [5, 5.41) is 4.09. The van der Waals surface area contributed by atoms with Crippen LogP contribution < -0.4 is 5.73 Å². The number of hydrogen-bond donors (Lipinski definition) is 1. The molecule has 0 fully saturated rings. The lowest BCUT2D eigenvalue weighted by Gasteiger charge is -2.19. The molecule has 1 aromatic heterocycles. The Morgan fingerprint density at radius 1 is 1.38 bits per heavy atom. The van der Waals surface area contributed by atoms with E-state index in [1.807, 2.05) is 36.4 Å². The van der Waals surface area contributed by atoms with Crippen molar-refractivity contribution in [1.29, 1.82) is 0 Å². The first kappa shape index (κ1) is 18.2. The molecule has 24 heavy (non-hydrogen) atoms. The molecule has 0 spiro atoms. The van der Waals surface area contributed by atoms with Gasteiger partial charge in [0.05, 0.1) is 12.5 Å². The van der Waals surface area contributed by atoms with Crippen LogP contribution in [0.3, 0.4) is 0 Å². The number of rotatable bonds is 9. The van der Waals surface area contributed by atoms with E-state index in [-0.39, 0.29) is 12.0 Å². The fraction of sp³-hybridized carbons (Fsp3) is 0.444. The molecule has 6 nitrogen and oxygen atoms in total. The molecule has 2 rings (SSSR count). The van der Waals surface area contributed by atoms with Crippen molar-refractivity contribution in [3.63, 3.8) is 0 Å². The van der Waals surface area contributed by atoms with Gasteiger partial charge in [-0.05, 0) is 6.42 Å². The van der Waals surface area contributed by atoms with Gasteiger partial charge in [-0.25, -0.2) is 0 Å². The van der Waals surface area contributed by atoms with E-state index >= 15 is 0 Å². The number of hydrogen-bond acceptors (Lipinski definition) is 5. The Labute approximate surface area is 142 Å². The van der Waals surface area contributed by atoms with Crippen molar-refractivity contribution in [2.45, 2.75) is 25.4 Å². The van der Waals surface area contributed by atoms with Crippen LogP contribution in [0.5, 0.6) is 0 Å². The van der Waals surface area contributed by atoms with Gasteiger partial charge in [0.25, 0.3) is 0 Å². The lowest BCUT2D eigenvalue weighted by Crippen LogP contribution is -2.34. The van der Waals surface area contributed by atoms with Gasteiger partial charge in [0.1, 0.15) is 11.5 Å². The predicted octanol–water partition coefficient (Wildman–Crippen LogP) is 2.10. The largest absolute Gasteiger partial charge is 0.380 e. The van der Waals surface area contributed by atoms with Gasteiger partial charge in [-0.2, -0.15) is 0 Å². The summed E-state index contributed by atoms with van der Waals surface area (Å²) in [5.41, 5.74) is 7.41. The van der Waals surface area contributed by atoms with Crippen LogP contribution in [0.2, 0.25) is 0 Å². The number of carbonyl (C=O) groups excluding carboxylic acids is 1. The van der Waals surface area contributed by atoms with E-state index in [0.29, 0.717) is 19.5 Å². The van der Waals surface area contributed by atoms with Gasteiger partial charge in [0, 0.05) is 45.3 Å². The third-order valence-corrected chi connectivity index (χ3v) is 3.97. The highest BCUT2D eigenvalue weighted by Gasteiger charge is 2.15. The van der Waals surface area contributed by atoms with Crippen molar-refractivity contribution in [1.82, 2.24) is 10.1 Å². The molecule has 1 heterocycles. The highest BCUT2D eigenvalue weighted by atomic mass is 16.5. The molecular weight excluding hydrogens is 306 g/mol. The van der Waals surface area contributed by atoms with E-state index in [4.69, 9.17) is 15.0 Å². The number of amides is 1. The van der Waals surface area contributed by atoms with E-state index in [1.54, 1.807) is 19.1 Å². The fourth-order valence-corrected chi connectivity index (χ4v) is 2.40. The number of carbonyl (C=O) groups is 1. The summed E-state index contributed by atoms with van der Waals surface area (Å²) in [6.45, 7) is 0.998. The van der Waals surface area contributed by atoms with Crippen LogP contribution in [-0.4, -0.2) is 49.3 Å². The molecule has 0 bridgehead atoms. The first-order valence-electron chi connectivity index (χ1n) is 8.12. The zero-order chi connectivity index (χ0) is 17.4. The van der Waals surface area contributed by atoms with E-state index in [1.165, 1.54) is 0 Å². The SMILES string of the molecule is COC(CN)CC(=O)N(C)CCCc1cc(-c2ccccc2)no1. The molecule has 1 unspecified atom stereocenters. The van der Waals surface area contributed by atoms with Crippen LogP contribution in [0.4, 0.5) is 0 Å². The number of nitrogens with zero attached hydrogens (tertiary/aromatic N) is 2. The predicted molar refractivity (Wildman–Crippen MR) is 92.4 cm³/mol. The second kappa shape index (κ2) is 9.20. The maximum Gasteiger partial charge on any atom is 0.224 e. The normalized spacial score (nSPS) is 12.1. The number of aryl methyl sites for hydroxylation is 1. The highest BCUT2D eigenvalue weighted by Crippen LogP contribution is 2.19. The lowest BCUT2D eigenvalue weighted by atomic mass is 10.1. The van der Waals surface area contributed by atoms with Crippen LogP contribution in [0.25, 0.3) is 11.3 Å². The quantitative estimate of drug-likeness (QED) is 0.761. The Kier molecular flexibility index (Phi) is 6.96. The van der Waals surface area contributed by atoms with E-state index in [0.717, 1.165) is 29.9 Å². The third-order valence-electron chi connectivity index (χ3n) is 3.97. The standard InChI is InChI=1S/C18H25N3O3/c1-21(18(22)12-16(13-19)23-2)10-6-9-15-11-17(20-24-15)14-7-4-3-5-8-14/h3-5,7-8,11,16H,6,9-10,12-13,19H2,1-2H3. The number of benzene rings is 1. The highest BCUT2D eigenvalue weighted by molar-refractivity contribution is 5.76. The van der Waals surface area contributed by atoms with Gasteiger partial charge >= 0.3 is 0 Å². The number of ether oxygens (including phenoxy) is 1. The maximum atomic E-state index is 12.1. The zero-order valence-electron chi connectivity index (χ0n) is 14.3. The summed E-state index contributed by atoms with van der Waals surface area (Å²) in [5.74, 6) is 0.862. The van der Waals surface area contributed by atoms with E-state index in [2.05, 4.69) is 5.16 Å². The summed E-state index contributed by atoms with van der Waals surface area (Å²) < 4.78 is 10.5. The minimum atomic E-state index is -0.220. The van der Waals surface area contributed by atoms with Crippen molar-refractivity contribution in [3.8, 4) is 11.3 Å². The molecule has 1 aromatic carbocycles. The Morgan fingerprint density at radius 2 is 2.12 bits per heavy atom. The monoisotopic (exact) mass is 331 g/mol. The number of nitrogens with two attached hydrogens (primary N) is 1. The molecule has 6 heteroatoms. The molecule has 0 saturated heterocycles. The van der Waals surface area contributed by atoms with Crippen LogP contribution in [0, 0.1) is 0 Å². The van der Waals surface area contributed by atoms with Crippen LogP contribution in [0.15, 0.2) is 40.9 Å². The smallest absolute Gasteiger partial charge is 0.224 e. The molecule has 130 valence electrons. The third kappa shape index (κ3) is 5.18. The van der Waals surface area contributed by atoms with E-state index < -0.39 is 0 Å². The fourth-order valence-electron chi connectivity index (χ4n) is 2.40. The van der Waals surface area contributed by atoms with Gasteiger partial charge in [0.2, 0.25) is 5.91 Å². The molecule has 2 N–H and O–H groups in total. The summed E-state index contributed by atoms with van der Waals surface area (Å²) in [6.07, 6.45) is 1.64. The van der Waals surface area contributed by atoms with Crippen molar-refractivity contribution in [3.05, 3.63) is 42.2 Å². The van der Waals surface area contributed by atoms with Gasteiger partial charge < -0.3 is 19.9 Å². The topological polar surface area (TPSA) is 81.6 Å². The van der Waals surface area contributed by atoms with Crippen LogP contribution in [0.1, 0.15) is 18.6 Å². The number of methoxy groups -OCH3 is 1. The van der Waals surface area contributed by atoms with Crippen molar-refractivity contribution in [2.75, 3.05) is 27.2 Å². The minimum absolute atomic E-state index is 0.0369. The molecule has 2 aromatic rings. The molecule has 1 amide bonds. The Hall–Kier alpha value is -2.18. The number of aromatic nitrogens is 1. The molecular formula is C18H25N3O3. The van der Waals surface area contributed by atoms with Crippen LogP contribution in [-0.2, 0) is 16.0 Å². The molecule has 0 aliphatic heterocycles. The summed E-state index contributed by atoms with van der Waals surface area (Å²) >= 11 is 0. The molecule has 0 saturated carbocycles. The lowest BCUT2D eigenvalue weighted by molar-refractivity contribution is -0.132. The van der Waals surface area contributed by atoms with Gasteiger partial charge in [-0.1, -0.05) is 35.5 Å². The van der Waals surface area contributed by atoms with Crippen molar-refractivity contribution < 1.29 is 14.1 Å². The Morgan fingerprint density at radius 3 is 2.79 bits per heavy atom. The van der Waals surface area contributed by atoms with Crippen molar-refractivity contribution >= 4 is 5.91 Å². The molecule has 0 radical (unpaired) electrons. The minimum Gasteiger partial charge on any atom is -0.380 e. The molecule has 1 atom stereocenters. The first-order chi connectivity index (χ1) is 11.6. The Balaban J connectivity index is 1.78. The van der Waals surface area contributed by atoms with E-state index in [9.17, 15) is 4.79 Å². The van der Waals surface area contributed by atoms with Gasteiger partial charge in [-0.3, -0.25) is 4.79 Å². The van der Waals surface area contributed by atoms with Crippen molar-refractivity contribution in [2.24, 2.45) is 5.73 Å².